The molecule has 0 aromatic heterocycles. The van der Waals surface area contributed by atoms with Gasteiger partial charge in [0, 0.05) is 6.54 Å². The molecule has 3 nitrogen and oxygen atoms in total. The van der Waals surface area contributed by atoms with E-state index in [9.17, 15) is 4.79 Å². The summed E-state index contributed by atoms with van der Waals surface area (Å²) in [7, 11) is 0. The molecule has 0 aliphatic carbocycles. The fourth-order valence-corrected chi connectivity index (χ4v) is 0.506. The molecule has 0 bridgehead atoms. The van der Waals surface area contributed by atoms with E-state index in [4.69, 9.17) is 0 Å². The molecule has 1 aliphatic heterocycles. The Morgan fingerprint density at radius 1 is 1.86 bits per heavy atom. The number of ether oxygens (including phenoxy) is 1. The minimum absolute atomic E-state index is 0.394. The van der Waals surface area contributed by atoms with Gasteiger partial charge in [0.15, 0.2) is 0 Å². The summed E-state index contributed by atoms with van der Waals surface area (Å²) >= 11 is 4.48. The van der Waals surface area contributed by atoms with Gasteiger partial charge in [0.2, 0.25) is 0 Å². The summed E-state index contributed by atoms with van der Waals surface area (Å²) in [5, 5.41) is 0. The zero-order chi connectivity index (χ0) is 5.28. The fraction of sp³-hybridized carbons (Fsp3) is 0.667. The first-order valence-electron chi connectivity index (χ1n) is 1.92. The Morgan fingerprint density at radius 3 is 2.71 bits per heavy atom. The van der Waals surface area contributed by atoms with Crippen LogP contribution in [0.5, 0.6) is 0 Å². The molecule has 0 N–H and O–H groups in total. The molecule has 0 aromatic rings. The summed E-state index contributed by atoms with van der Waals surface area (Å²) in [4.78, 5) is 10.2. The second-order valence-electron chi connectivity index (χ2n) is 1.22. The molecular weight excluding hydrogens is 114 g/mol. The van der Waals surface area contributed by atoms with Crippen molar-refractivity contribution in [3.63, 3.8) is 0 Å². The number of amides is 1. The van der Waals surface area contributed by atoms with Gasteiger partial charge in [0.25, 0.3) is 0 Å². The molecule has 1 rings (SSSR count). The van der Waals surface area contributed by atoms with E-state index in [0.717, 1.165) is 4.31 Å². The predicted molar refractivity (Wildman–Crippen MR) is 25.4 cm³/mol. The van der Waals surface area contributed by atoms with E-state index in [1.807, 2.05) is 0 Å². The smallest absolute Gasteiger partial charge is 0.387 e. The third-order valence-corrected chi connectivity index (χ3v) is 1.06. The van der Waals surface area contributed by atoms with Crippen molar-refractivity contribution in [3.05, 3.63) is 0 Å². The van der Waals surface area contributed by atoms with E-state index in [0.29, 0.717) is 13.2 Å². The number of nitrogens with zero attached hydrogens (tertiary/aromatic N) is 1. The number of cyclic esters (lactones) is 1. The number of rotatable bonds is 0. The molecule has 1 fully saturated rings. The van der Waals surface area contributed by atoms with Gasteiger partial charge in [-0.25, -0.2) is 4.79 Å². The summed E-state index contributed by atoms with van der Waals surface area (Å²) < 4.78 is 5.57. The quantitative estimate of drug-likeness (QED) is 0.416. The minimum atomic E-state index is -0.394. The average molecular weight is 118 g/mol. The average Bonchev–Trinajstić information content (AvgIpc) is 1.91. The molecule has 1 amide bonds. The van der Waals surface area contributed by atoms with E-state index in [1.54, 1.807) is 0 Å². The number of carbonyl (C=O) groups excluding carboxylic acids is 1. The van der Waals surface area contributed by atoms with Crippen LogP contribution in [0.1, 0.15) is 0 Å². The second-order valence-corrected chi connectivity index (χ2v) is 1.66. The van der Waals surface area contributed by atoms with Crippen LogP contribution in [-0.2, 0) is 17.6 Å². The van der Waals surface area contributed by atoms with Crippen LogP contribution < -0.4 is 0 Å². The van der Waals surface area contributed by atoms with E-state index in [-0.39, 0.29) is 0 Å². The normalized spacial score (nSPS) is 20.1. The molecule has 7 heavy (non-hydrogen) atoms. The summed E-state index contributed by atoms with van der Waals surface area (Å²) in [5.41, 5.74) is 0. The van der Waals surface area contributed by atoms with Crippen molar-refractivity contribution in [2.75, 3.05) is 13.2 Å². The molecule has 40 valence electrons. The lowest BCUT2D eigenvalue weighted by molar-refractivity contribution is 0.171. The molecule has 0 radical (unpaired) electrons. The molecule has 0 spiro atoms. The van der Waals surface area contributed by atoms with Crippen molar-refractivity contribution in [3.8, 4) is 0 Å². The highest BCUT2D eigenvalue weighted by Gasteiger charge is 2.09. The lowest BCUT2D eigenvalue weighted by Crippen LogP contribution is -2.15. The first-order chi connectivity index (χ1) is 3.30. The Labute approximate surface area is 46.8 Å². The number of carbonyl (C=O) groups is 1. The van der Waals surface area contributed by atoms with Crippen molar-refractivity contribution in [2.24, 2.45) is 0 Å². The largest absolute Gasteiger partial charge is 0.660 e. The molecular formula is C3H4NO2S-. The van der Waals surface area contributed by atoms with Crippen molar-refractivity contribution in [1.29, 1.82) is 0 Å². The van der Waals surface area contributed by atoms with E-state index >= 15 is 0 Å². The third kappa shape index (κ3) is 0.796. The Kier molecular flexibility index (Phi) is 1.10. The third-order valence-electron chi connectivity index (χ3n) is 0.724. The molecule has 1 aliphatic rings. The predicted octanol–water partition coefficient (Wildman–Crippen LogP) is -0.0995. The van der Waals surface area contributed by atoms with Crippen LogP contribution in [0, 0.1) is 0 Å². The van der Waals surface area contributed by atoms with Gasteiger partial charge in [-0.1, -0.05) is 0 Å². The molecule has 0 saturated carbocycles. The van der Waals surface area contributed by atoms with Gasteiger partial charge in [0.05, 0.1) is 0 Å². The molecule has 0 unspecified atom stereocenters. The molecule has 4 heteroatoms. The fourth-order valence-electron chi connectivity index (χ4n) is 0.379. The van der Waals surface area contributed by atoms with Gasteiger partial charge in [0.1, 0.15) is 6.61 Å². The maximum atomic E-state index is 10.2. The van der Waals surface area contributed by atoms with Crippen molar-refractivity contribution in [1.82, 2.24) is 4.31 Å². The Balaban J connectivity index is 2.48. The van der Waals surface area contributed by atoms with Gasteiger partial charge in [-0.15, -0.1) is 0 Å². The van der Waals surface area contributed by atoms with Crippen LogP contribution >= 0.6 is 0 Å². The SMILES string of the molecule is O=C1OCCN1[S-]. The van der Waals surface area contributed by atoms with Gasteiger partial charge in [-0.05, 0) is 0 Å². The topological polar surface area (TPSA) is 29.5 Å². The maximum absolute atomic E-state index is 10.2. The molecule has 0 aromatic carbocycles. The summed E-state index contributed by atoms with van der Waals surface area (Å²) in [6, 6.07) is 0. The summed E-state index contributed by atoms with van der Waals surface area (Å²) in [5.74, 6) is 0. The molecule has 1 heterocycles. The first-order valence-corrected chi connectivity index (χ1v) is 2.28. The Morgan fingerprint density at radius 2 is 2.57 bits per heavy atom. The van der Waals surface area contributed by atoms with E-state index < -0.39 is 6.09 Å². The van der Waals surface area contributed by atoms with Crippen molar-refractivity contribution in [2.45, 2.75) is 0 Å². The van der Waals surface area contributed by atoms with Crippen molar-refractivity contribution >= 4 is 18.9 Å². The number of hydrogen-bond acceptors (Lipinski definition) is 3. The zero-order valence-corrected chi connectivity index (χ0v) is 4.40. The highest BCUT2D eigenvalue weighted by molar-refractivity contribution is 7.56. The molecule has 1 saturated heterocycles. The van der Waals surface area contributed by atoms with Gasteiger partial charge < -0.3 is 21.9 Å². The zero-order valence-electron chi connectivity index (χ0n) is 3.59. The maximum Gasteiger partial charge on any atom is 0.387 e. The van der Waals surface area contributed by atoms with Crippen LogP contribution in [0.2, 0.25) is 0 Å². The Bertz CT molecular complexity index is 94.9. The summed E-state index contributed by atoms with van der Waals surface area (Å²) in [6.07, 6.45) is -0.394. The van der Waals surface area contributed by atoms with Crippen LogP contribution in [0.4, 0.5) is 4.79 Å². The van der Waals surface area contributed by atoms with Crippen LogP contribution in [0.15, 0.2) is 0 Å². The number of hydrogen-bond donors (Lipinski definition) is 0. The lowest BCUT2D eigenvalue weighted by Gasteiger charge is -2.16. The van der Waals surface area contributed by atoms with Gasteiger partial charge >= 0.3 is 6.09 Å². The summed E-state index contributed by atoms with van der Waals surface area (Å²) in [6.45, 7) is 0.997. The standard InChI is InChI=1S/C3H4NO2S/c5-3-4(7)1-2-6-3/h1-2H2/q-1. The minimum Gasteiger partial charge on any atom is -0.660 e. The highest BCUT2D eigenvalue weighted by atomic mass is 32.1. The highest BCUT2D eigenvalue weighted by Crippen LogP contribution is 1.97. The Hall–Kier alpha value is -0.380. The first kappa shape index (κ1) is 4.77. The van der Waals surface area contributed by atoms with Gasteiger partial charge in [-0.2, -0.15) is 0 Å². The monoisotopic (exact) mass is 118 g/mol. The van der Waals surface area contributed by atoms with Crippen LogP contribution in [-0.4, -0.2) is 23.6 Å². The van der Waals surface area contributed by atoms with Crippen LogP contribution in [0.3, 0.4) is 0 Å². The molecule has 0 atom stereocenters. The van der Waals surface area contributed by atoms with Crippen molar-refractivity contribution < 1.29 is 9.53 Å². The van der Waals surface area contributed by atoms with Gasteiger partial charge in [-0.3, -0.25) is 0 Å². The van der Waals surface area contributed by atoms with E-state index in [1.165, 1.54) is 0 Å². The van der Waals surface area contributed by atoms with Crippen LogP contribution in [0.25, 0.3) is 0 Å². The second kappa shape index (κ2) is 1.61. The van der Waals surface area contributed by atoms with E-state index in [2.05, 4.69) is 17.6 Å². The lowest BCUT2D eigenvalue weighted by atomic mass is 10.7.